The van der Waals surface area contributed by atoms with Crippen LogP contribution >= 0.6 is 22.6 Å². The van der Waals surface area contributed by atoms with Gasteiger partial charge in [0, 0.05) is 0 Å². The van der Waals surface area contributed by atoms with Gasteiger partial charge in [0.2, 0.25) is 0 Å². The van der Waals surface area contributed by atoms with E-state index in [0.29, 0.717) is 0 Å². The summed E-state index contributed by atoms with van der Waals surface area (Å²) in [7, 11) is 0. The van der Waals surface area contributed by atoms with Crippen LogP contribution in [0.1, 0.15) is 0 Å². The van der Waals surface area contributed by atoms with Crippen LogP contribution in [0.15, 0.2) is 0 Å². The normalized spacial score (nSPS) is 20.7. The number of alkyl halides is 1. The van der Waals surface area contributed by atoms with Gasteiger partial charge in [0.15, 0.2) is 0 Å². The zero-order chi connectivity index (χ0) is 7.61. The van der Waals surface area contributed by atoms with Crippen LogP contribution in [-0.2, 0) is 0 Å². The summed E-state index contributed by atoms with van der Waals surface area (Å²) in [6, 6.07) is 0. The molecule has 0 saturated carbocycles. The van der Waals surface area contributed by atoms with E-state index in [4.69, 9.17) is 0 Å². The first-order valence-corrected chi connectivity index (χ1v) is 11.9. The molecule has 0 N–H and O–H groups in total. The molecule has 1 aliphatic rings. The molecule has 68 valence electrons. The van der Waals surface area contributed by atoms with E-state index >= 15 is 0 Å². The second-order valence-electron chi connectivity index (χ2n) is 3.26. The molecule has 0 aromatic heterocycles. The molecule has 11 heavy (non-hydrogen) atoms. The maximum atomic E-state index is 2.58. The van der Waals surface area contributed by atoms with E-state index in [1.807, 2.05) is 0 Å². The van der Waals surface area contributed by atoms with E-state index in [1.165, 1.54) is 4.43 Å². The molecule has 0 aromatic carbocycles. The molecule has 1 aliphatic heterocycles. The topological polar surface area (TPSA) is 0 Å². The minimum atomic E-state index is -0.156. The Hall–Kier alpha value is 2.50. The van der Waals surface area contributed by atoms with Crippen LogP contribution in [0, 0.1) is 5.41 Å². The summed E-state index contributed by atoms with van der Waals surface area (Å²) in [4.78, 5) is 0. The predicted octanol–water partition coefficient (Wildman–Crippen LogP) is -0.279. The maximum Gasteiger partial charge on any atom is -1.00 e. The fourth-order valence-electron chi connectivity index (χ4n) is 1.20. The van der Waals surface area contributed by atoms with Gasteiger partial charge in [-0.2, -0.15) is 0 Å². The van der Waals surface area contributed by atoms with Crippen molar-refractivity contribution in [3.8, 4) is 0 Å². The zero-order valence-electron chi connectivity index (χ0n) is 6.90. The Labute approximate surface area is 111 Å². The maximum absolute atomic E-state index is 2.58. The van der Waals surface area contributed by atoms with Crippen molar-refractivity contribution in [3.05, 3.63) is 0 Å². The van der Waals surface area contributed by atoms with Crippen molar-refractivity contribution < 1.29 is 24.0 Å². The third-order valence-corrected chi connectivity index (χ3v) is 9.24. The molecule has 0 spiro atoms. The monoisotopic (exact) mass is 512 g/mol. The van der Waals surface area contributed by atoms with E-state index in [1.54, 1.807) is 16.0 Å². The van der Waals surface area contributed by atoms with Crippen molar-refractivity contribution in [1.82, 2.24) is 0 Å². The van der Waals surface area contributed by atoms with Gasteiger partial charge >= 0.3 is 88.9 Å². The SMILES string of the molecule is C[Se+](C)CC1(CI)C[Se]C1.[I-]. The fourth-order valence-corrected chi connectivity index (χ4v) is 11.5. The van der Waals surface area contributed by atoms with E-state index in [9.17, 15) is 0 Å². The van der Waals surface area contributed by atoms with Gasteiger partial charge in [-0.1, -0.05) is 0 Å². The first kappa shape index (κ1) is 13.5. The van der Waals surface area contributed by atoms with Crippen LogP contribution < -0.4 is 24.0 Å². The Morgan fingerprint density at radius 3 is 2.09 bits per heavy atom. The molecular formula is C7H14I2Se2. The second kappa shape index (κ2) is 6.07. The van der Waals surface area contributed by atoms with Crippen LogP contribution in [0.2, 0.25) is 27.6 Å². The largest absolute Gasteiger partial charge is 1.00 e. The molecule has 1 fully saturated rings. The van der Waals surface area contributed by atoms with Crippen molar-refractivity contribution >= 4 is 51.4 Å². The molecule has 1 saturated heterocycles. The fraction of sp³-hybridized carbons (Fsp3) is 1.00. The molecule has 0 nitrogen and oxygen atoms in total. The van der Waals surface area contributed by atoms with Gasteiger partial charge in [-0.3, -0.25) is 0 Å². The third-order valence-electron chi connectivity index (χ3n) is 1.69. The Morgan fingerprint density at radius 2 is 2.00 bits per heavy atom. The standard InChI is InChI=1S/C7H14ISe2.HI/c1-10(2)6-7(3-8)4-9-5-7;/h3-6H2,1-2H3;1H/q+1;/p-1. The molecule has 0 radical (unpaired) electrons. The van der Waals surface area contributed by atoms with Crippen LogP contribution in [0.3, 0.4) is 0 Å². The summed E-state index contributed by atoms with van der Waals surface area (Å²) in [6.45, 7) is 0. The zero-order valence-corrected chi connectivity index (χ0v) is 14.6. The number of hydrogen-bond acceptors (Lipinski definition) is 0. The van der Waals surface area contributed by atoms with E-state index < -0.39 is 0 Å². The van der Waals surface area contributed by atoms with E-state index in [0.717, 1.165) is 20.4 Å². The summed E-state index contributed by atoms with van der Waals surface area (Å²) < 4.78 is 1.42. The molecule has 4 heteroatoms. The molecule has 0 atom stereocenters. The molecule has 0 aromatic rings. The van der Waals surface area contributed by atoms with Gasteiger partial charge in [0.1, 0.15) is 0 Å². The van der Waals surface area contributed by atoms with Crippen molar-refractivity contribution in [2.75, 3.05) is 4.43 Å². The second-order valence-corrected chi connectivity index (χ2v) is 10.8. The van der Waals surface area contributed by atoms with Crippen molar-refractivity contribution in [2.24, 2.45) is 5.41 Å². The van der Waals surface area contributed by atoms with E-state index in [-0.39, 0.29) is 37.9 Å². The first-order valence-electron chi connectivity index (χ1n) is 3.36. The minimum absolute atomic E-state index is 0. The van der Waals surface area contributed by atoms with Gasteiger partial charge in [-0.25, -0.2) is 0 Å². The Kier molecular flexibility index (Phi) is 7.45. The Bertz CT molecular complexity index is 107. The number of halogens is 2. The van der Waals surface area contributed by atoms with Crippen LogP contribution in [-0.4, -0.2) is 33.3 Å². The smallest absolute Gasteiger partial charge is 1.00 e. The first-order chi connectivity index (χ1) is 4.68. The molecule has 0 aliphatic carbocycles. The number of hydrogen-bond donors (Lipinski definition) is 0. The average Bonchev–Trinajstić information content (AvgIpc) is 1.78. The van der Waals surface area contributed by atoms with Gasteiger partial charge in [0.25, 0.3) is 0 Å². The van der Waals surface area contributed by atoms with Gasteiger partial charge in [0.05, 0.1) is 0 Å². The summed E-state index contributed by atoms with van der Waals surface area (Å²) in [5, 5.41) is 4.77. The van der Waals surface area contributed by atoms with Gasteiger partial charge in [-0.15, -0.1) is 0 Å². The predicted molar refractivity (Wildman–Crippen MR) is 59.0 cm³/mol. The van der Waals surface area contributed by atoms with Gasteiger partial charge in [-0.05, 0) is 0 Å². The molecule has 0 amide bonds. The Morgan fingerprint density at radius 1 is 1.45 bits per heavy atom. The molecule has 1 rings (SSSR count). The molecule has 0 unspecified atom stereocenters. The van der Waals surface area contributed by atoms with E-state index in [2.05, 4.69) is 34.2 Å². The van der Waals surface area contributed by atoms with Gasteiger partial charge < -0.3 is 24.0 Å². The summed E-state index contributed by atoms with van der Waals surface area (Å²) in [6.07, 6.45) is 0. The minimum Gasteiger partial charge on any atom is -1.00 e. The van der Waals surface area contributed by atoms with Crippen LogP contribution in [0.25, 0.3) is 0 Å². The quantitative estimate of drug-likeness (QED) is 0.279. The van der Waals surface area contributed by atoms with Crippen molar-refractivity contribution in [1.29, 1.82) is 0 Å². The third kappa shape index (κ3) is 4.03. The summed E-state index contributed by atoms with van der Waals surface area (Å²) in [5.41, 5.74) is 0.856. The average molecular weight is 510 g/mol. The van der Waals surface area contributed by atoms with Crippen LogP contribution in [0.4, 0.5) is 0 Å². The Balaban J connectivity index is 0.000001000. The summed E-state index contributed by atoms with van der Waals surface area (Å²) in [5.74, 6) is 4.94. The molecular weight excluding hydrogens is 496 g/mol. The molecule has 1 heterocycles. The molecule has 0 bridgehead atoms. The van der Waals surface area contributed by atoms with Crippen molar-refractivity contribution in [3.63, 3.8) is 0 Å². The van der Waals surface area contributed by atoms with Crippen LogP contribution in [0.5, 0.6) is 0 Å². The summed E-state index contributed by atoms with van der Waals surface area (Å²) >= 11 is 3.46. The number of rotatable bonds is 3. The van der Waals surface area contributed by atoms with Crippen molar-refractivity contribution in [2.45, 2.75) is 27.6 Å².